The van der Waals surface area contributed by atoms with Crippen LogP contribution in [0.4, 0.5) is 18.9 Å². The van der Waals surface area contributed by atoms with Crippen molar-refractivity contribution < 1.29 is 17.9 Å². The molecule has 0 aromatic heterocycles. The lowest BCUT2D eigenvalue weighted by molar-refractivity contribution is -0.137. The molecule has 0 radical (unpaired) electrons. The molecule has 2 aromatic rings. The summed E-state index contributed by atoms with van der Waals surface area (Å²) in [6.45, 7) is 2.76. The van der Waals surface area contributed by atoms with Gasteiger partial charge in [-0.15, -0.1) is 0 Å². The van der Waals surface area contributed by atoms with E-state index in [0.717, 1.165) is 42.4 Å². The lowest BCUT2D eigenvalue weighted by atomic mass is 10.2. The second-order valence-electron chi connectivity index (χ2n) is 5.79. The van der Waals surface area contributed by atoms with Gasteiger partial charge in [0.25, 0.3) is 0 Å². The highest BCUT2D eigenvalue weighted by atomic mass is 35.5. The molecule has 0 aliphatic heterocycles. The zero-order valence-electron chi connectivity index (χ0n) is 15.0. The Morgan fingerprint density at radius 1 is 1.21 bits per heavy atom. The number of nitrogens with one attached hydrogen (secondary N) is 2. The van der Waals surface area contributed by atoms with Crippen molar-refractivity contribution in [2.75, 3.05) is 11.9 Å². The van der Waals surface area contributed by atoms with Crippen molar-refractivity contribution >= 4 is 40.8 Å². The molecule has 0 spiro atoms. The van der Waals surface area contributed by atoms with E-state index in [1.165, 1.54) is 6.21 Å². The molecule has 0 bridgehead atoms. The van der Waals surface area contributed by atoms with Crippen molar-refractivity contribution in [3.8, 4) is 5.75 Å². The third-order valence-corrected chi connectivity index (χ3v) is 4.09. The molecule has 0 fully saturated rings. The van der Waals surface area contributed by atoms with E-state index < -0.39 is 11.7 Å². The van der Waals surface area contributed by atoms with Crippen LogP contribution in [-0.2, 0) is 6.18 Å². The van der Waals surface area contributed by atoms with Gasteiger partial charge in [-0.05, 0) is 66.7 Å². The molecule has 0 amide bonds. The number of anilines is 1. The number of hydrazone groups is 1. The molecule has 0 unspecified atom stereocenters. The van der Waals surface area contributed by atoms with Crippen LogP contribution in [0.2, 0.25) is 5.02 Å². The Bertz CT molecular complexity index is 826. The Hall–Kier alpha value is -2.32. The minimum atomic E-state index is -4.47. The van der Waals surface area contributed by atoms with Crippen LogP contribution in [0.15, 0.2) is 47.6 Å². The maximum Gasteiger partial charge on any atom is 0.416 e. The first-order chi connectivity index (χ1) is 13.3. The van der Waals surface area contributed by atoms with E-state index in [9.17, 15) is 13.2 Å². The van der Waals surface area contributed by atoms with E-state index in [1.54, 1.807) is 0 Å². The highest BCUT2D eigenvalue weighted by Crippen LogP contribution is 2.33. The molecule has 28 heavy (non-hydrogen) atoms. The minimum Gasteiger partial charge on any atom is -0.494 e. The van der Waals surface area contributed by atoms with Gasteiger partial charge < -0.3 is 10.1 Å². The van der Waals surface area contributed by atoms with Crippen LogP contribution >= 0.6 is 23.8 Å². The Morgan fingerprint density at radius 2 is 1.93 bits per heavy atom. The summed E-state index contributed by atoms with van der Waals surface area (Å²) in [5, 5.41) is 6.68. The average Bonchev–Trinajstić information content (AvgIpc) is 2.64. The number of hydrogen-bond donors (Lipinski definition) is 2. The molecule has 0 saturated heterocycles. The van der Waals surface area contributed by atoms with Gasteiger partial charge in [-0.1, -0.05) is 24.9 Å². The maximum atomic E-state index is 12.8. The lowest BCUT2D eigenvalue weighted by Gasteiger charge is -2.12. The standard InChI is InChI=1S/C19H19ClF3N3OS/c1-2-3-10-27-15-7-4-13(5-8-15)12-24-26-18(28)25-17-11-14(19(21,22)23)6-9-16(17)20/h4-9,11-12H,2-3,10H2,1H3,(H2,25,26,28). The SMILES string of the molecule is CCCCOc1ccc(C=NNC(=S)Nc2cc(C(F)(F)F)ccc2Cl)cc1. The predicted molar refractivity (Wildman–Crippen MR) is 110 cm³/mol. The molecular weight excluding hydrogens is 411 g/mol. The molecule has 0 atom stereocenters. The van der Waals surface area contributed by atoms with Crippen LogP contribution in [0.3, 0.4) is 0 Å². The van der Waals surface area contributed by atoms with Gasteiger partial charge in [0, 0.05) is 0 Å². The zero-order valence-corrected chi connectivity index (χ0v) is 16.6. The van der Waals surface area contributed by atoms with Crippen LogP contribution in [0.25, 0.3) is 0 Å². The Kier molecular flexibility index (Phi) is 8.07. The molecule has 2 aromatic carbocycles. The Labute approximate surface area is 171 Å². The normalized spacial score (nSPS) is 11.5. The number of halogens is 4. The number of unbranched alkanes of at least 4 members (excludes halogenated alkanes) is 1. The van der Waals surface area contributed by atoms with Gasteiger partial charge in [-0.25, -0.2) is 0 Å². The van der Waals surface area contributed by atoms with Gasteiger partial charge in [0.05, 0.1) is 29.1 Å². The predicted octanol–water partition coefficient (Wildman–Crippen LogP) is 5.86. The van der Waals surface area contributed by atoms with Gasteiger partial charge >= 0.3 is 6.18 Å². The summed E-state index contributed by atoms with van der Waals surface area (Å²) < 4.78 is 43.9. The van der Waals surface area contributed by atoms with Crippen LogP contribution in [-0.4, -0.2) is 17.9 Å². The van der Waals surface area contributed by atoms with Crippen LogP contribution < -0.4 is 15.5 Å². The van der Waals surface area contributed by atoms with E-state index in [-0.39, 0.29) is 15.8 Å². The van der Waals surface area contributed by atoms with Crippen molar-refractivity contribution in [1.82, 2.24) is 5.43 Å². The summed E-state index contributed by atoms with van der Waals surface area (Å²) in [5.41, 5.74) is 2.55. The highest BCUT2D eigenvalue weighted by molar-refractivity contribution is 7.80. The number of hydrogen-bond acceptors (Lipinski definition) is 3. The van der Waals surface area contributed by atoms with Crippen molar-refractivity contribution in [3.63, 3.8) is 0 Å². The molecule has 0 aliphatic carbocycles. The quantitative estimate of drug-likeness (QED) is 0.250. The van der Waals surface area contributed by atoms with Crippen LogP contribution in [0.1, 0.15) is 30.9 Å². The lowest BCUT2D eigenvalue weighted by Crippen LogP contribution is -2.24. The van der Waals surface area contributed by atoms with Gasteiger partial charge in [0.2, 0.25) is 0 Å². The summed E-state index contributed by atoms with van der Waals surface area (Å²) >= 11 is 10.9. The number of nitrogens with zero attached hydrogens (tertiary/aromatic N) is 1. The molecule has 2 N–H and O–H groups in total. The van der Waals surface area contributed by atoms with Gasteiger partial charge in [-0.3, -0.25) is 5.43 Å². The topological polar surface area (TPSA) is 45.6 Å². The van der Waals surface area contributed by atoms with E-state index in [0.29, 0.717) is 6.61 Å². The largest absolute Gasteiger partial charge is 0.494 e. The molecule has 0 heterocycles. The second-order valence-corrected chi connectivity index (χ2v) is 6.60. The third-order valence-electron chi connectivity index (χ3n) is 3.57. The summed E-state index contributed by atoms with van der Waals surface area (Å²) in [5.74, 6) is 0.773. The number of benzene rings is 2. The summed E-state index contributed by atoms with van der Waals surface area (Å²) in [4.78, 5) is 0. The Morgan fingerprint density at radius 3 is 2.57 bits per heavy atom. The fourth-order valence-electron chi connectivity index (χ4n) is 2.10. The first-order valence-corrected chi connectivity index (χ1v) is 9.28. The van der Waals surface area contributed by atoms with E-state index in [4.69, 9.17) is 28.6 Å². The second kappa shape index (κ2) is 10.3. The molecular formula is C19H19ClF3N3OS. The third kappa shape index (κ3) is 7.01. The summed E-state index contributed by atoms with van der Waals surface area (Å²) in [7, 11) is 0. The van der Waals surface area contributed by atoms with E-state index >= 15 is 0 Å². The van der Waals surface area contributed by atoms with Gasteiger partial charge in [0.15, 0.2) is 5.11 Å². The average molecular weight is 430 g/mol. The minimum absolute atomic E-state index is 0.0111. The van der Waals surface area contributed by atoms with E-state index in [2.05, 4.69) is 22.8 Å². The molecule has 2 rings (SSSR count). The number of thiocarbonyl (C=S) groups is 1. The fourth-order valence-corrected chi connectivity index (χ4v) is 2.43. The van der Waals surface area contributed by atoms with Crippen molar-refractivity contribution in [2.45, 2.75) is 25.9 Å². The first-order valence-electron chi connectivity index (χ1n) is 8.49. The summed E-state index contributed by atoms with van der Waals surface area (Å²) in [6, 6.07) is 10.3. The molecule has 9 heteroatoms. The highest BCUT2D eigenvalue weighted by Gasteiger charge is 2.31. The Balaban J connectivity index is 1.90. The van der Waals surface area contributed by atoms with Crippen molar-refractivity contribution in [2.24, 2.45) is 5.10 Å². The van der Waals surface area contributed by atoms with Gasteiger partial charge in [-0.2, -0.15) is 18.3 Å². The number of ether oxygens (including phenoxy) is 1. The van der Waals surface area contributed by atoms with Crippen molar-refractivity contribution in [1.29, 1.82) is 0 Å². The molecule has 4 nitrogen and oxygen atoms in total. The van der Waals surface area contributed by atoms with Gasteiger partial charge in [0.1, 0.15) is 5.75 Å². The zero-order chi connectivity index (χ0) is 20.6. The molecule has 0 saturated carbocycles. The molecule has 0 aliphatic rings. The monoisotopic (exact) mass is 429 g/mol. The first kappa shape index (κ1) is 22.0. The number of rotatable bonds is 7. The number of alkyl halides is 3. The van der Waals surface area contributed by atoms with Crippen LogP contribution in [0, 0.1) is 0 Å². The van der Waals surface area contributed by atoms with Crippen LogP contribution in [0.5, 0.6) is 5.75 Å². The maximum absolute atomic E-state index is 12.8. The fraction of sp³-hybridized carbons (Fsp3) is 0.263. The van der Waals surface area contributed by atoms with E-state index in [1.807, 2.05) is 24.3 Å². The summed E-state index contributed by atoms with van der Waals surface area (Å²) in [6.07, 6.45) is -0.887. The van der Waals surface area contributed by atoms with Crippen molar-refractivity contribution in [3.05, 3.63) is 58.6 Å². The smallest absolute Gasteiger partial charge is 0.416 e. The molecule has 150 valence electrons.